The molecule has 4 heteroatoms. The van der Waals surface area contributed by atoms with E-state index in [0.717, 1.165) is 11.6 Å². The molecule has 1 aliphatic carbocycles. The molecule has 1 saturated carbocycles. The SMILES string of the molecule is CC(C)c1cnc(NC2CC2CO)s1. The summed E-state index contributed by atoms with van der Waals surface area (Å²) in [6.07, 6.45) is 3.01. The maximum Gasteiger partial charge on any atom is 0.183 e. The van der Waals surface area contributed by atoms with Gasteiger partial charge >= 0.3 is 0 Å². The predicted molar refractivity (Wildman–Crippen MR) is 58.8 cm³/mol. The number of aliphatic hydroxyl groups is 1. The van der Waals surface area contributed by atoms with E-state index in [9.17, 15) is 0 Å². The number of rotatable bonds is 4. The highest BCUT2D eigenvalue weighted by atomic mass is 32.1. The molecule has 2 N–H and O–H groups in total. The molecule has 1 aromatic rings. The third-order valence-electron chi connectivity index (χ3n) is 2.56. The topological polar surface area (TPSA) is 45.2 Å². The quantitative estimate of drug-likeness (QED) is 0.803. The van der Waals surface area contributed by atoms with Crippen LogP contribution in [-0.4, -0.2) is 22.7 Å². The average Bonchev–Trinajstić information content (AvgIpc) is 2.71. The number of nitrogens with zero attached hydrogens (tertiary/aromatic N) is 1. The summed E-state index contributed by atoms with van der Waals surface area (Å²) < 4.78 is 0. The van der Waals surface area contributed by atoms with Crippen molar-refractivity contribution in [1.82, 2.24) is 4.98 Å². The molecular weight excluding hydrogens is 196 g/mol. The van der Waals surface area contributed by atoms with Gasteiger partial charge in [-0.1, -0.05) is 13.8 Å². The van der Waals surface area contributed by atoms with Crippen LogP contribution in [0.3, 0.4) is 0 Å². The zero-order valence-electron chi connectivity index (χ0n) is 8.53. The predicted octanol–water partition coefficient (Wildman–Crippen LogP) is 2.06. The maximum absolute atomic E-state index is 8.89. The molecule has 14 heavy (non-hydrogen) atoms. The summed E-state index contributed by atoms with van der Waals surface area (Å²) in [5.74, 6) is 0.997. The molecule has 0 saturated heterocycles. The summed E-state index contributed by atoms with van der Waals surface area (Å²) >= 11 is 1.72. The molecule has 1 aliphatic rings. The van der Waals surface area contributed by atoms with Gasteiger partial charge < -0.3 is 10.4 Å². The van der Waals surface area contributed by atoms with Gasteiger partial charge in [-0.25, -0.2) is 4.98 Å². The maximum atomic E-state index is 8.89. The van der Waals surface area contributed by atoms with Crippen molar-refractivity contribution in [1.29, 1.82) is 0 Å². The number of aromatic nitrogens is 1. The van der Waals surface area contributed by atoms with Gasteiger partial charge in [0.2, 0.25) is 0 Å². The van der Waals surface area contributed by atoms with Gasteiger partial charge in [0.1, 0.15) is 0 Å². The minimum atomic E-state index is 0.292. The first kappa shape index (κ1) is 9.93. The fourth-order valence-electron chi connectivity index (χ4n) is 1.40. The van der Waals surface area contributed by atoms with E-state index in [1.807, 2.05) is 6.20 Å². The van der Waals surface area contributed by atoms with E-state index in [4.69, 9.17) is 5.11 Å². The van der Waals surface area contributed by atoms with Crippen LogP contribution < -0.4 is 5.32 Å². The Bertz CT molecular complexity index is 311. The molecule has 2 atom stereocenters. The van der Waals surface area contributed by atoms with Crippen molar-refractivity contribution < 1.29 is 5.11 Å². The van der Waals surface area contributed by atoms with E-state index in [-0.39, 0.29) is 0 Å². The van der Waals surface area contributed by atoms with Crippen molar-refractivity contribution in [3.8, 4) is 0 Å². The zero-order chi connectivity index (χ0) is 10.1. The van der Waals surface area contributed by atoms with E-state index in [1.54, 1.807) is 11.3 Å². The Morgan fingerprint density at radius 3 is 3.00 bits per heavy atom. The minimum Gasteiger partial charge on any atom is -0.396 e. The molecule has 0 bridgehead atoms. The number of nitrogens with one attached hydrogen (secondary N) is 1. The Morgan fingerprint density at radius 2 is 2.50 bits per heavy atom. The Hall–Kier alpha value is -0.610. The third-order valence-corrected chi connectivity index (χ3v) is 3.79. The molecule has 2 rings (SSSR count). The average molecular weight is 212 g/mol. The summed E-state index contributed by atoms with van der Waals surface area (Å²) in [5, 5.41) is 13.2. The first-order valence-electron chi connectivity index (χ1n) is 5.04. The molecule has 78 valence electrons. The highest BCUT2D eigenvalue weighted by Gasteiger charge is 2.36. The van der Waals surface area contributed by atoms with E-state index < -0.39 is 0 Å². The largest absolute Gasteiger partial charge is 0.396 e. The molecule has 1 fully saturated rings. The second kappa shape index (κ2) is 3.87. The lowest BCUT2D eigenvalue weighted by Gasteiger charge is -1.99. The summed E-state index contributed by atoms with van der Waals surface area (Å²) in [4.78, 5) is 5.63. The zero-order valence-corrected chi connectivity index (χ0v) is 9.34. The van der Waals surface area contributed by atoms with Crippen molar-refractivity contribution in [3.63, 3.8) is 0 Å². The first-order valence-corrected chi connectivity index (χ1v) is 5.85. The minimum absolute atomic E-state index is 0.292. The van der Waals surface area contributed by atoms with Crippen molar-refractivity contribution in [3.05, 3.63) is 11.1 Å². The summed E-state index contributed by atoms with van der Waals surface area (Å²) in [6.45, 7) is 4.63. The third kappa shape index (κ3) is 2.07. The second-order valence-electron chi connectivity index (χ2n) is 4.15. The molecule has 0 aliphatic heterocycles. The summed E-state index contributed by atoms with van der Waals surface area (Å²) in [6, 6.07) is 0.450. The van der Waals surface area contributed by atoms with Crippen molar-refractivity contribution in [2.24, 2.45) is 5.92 Å². The fourth-order valence-corrected chi connectivity index (χ4v) is 2.29. The number of hydrogen-bond donors (Lipinski definition) is 2. The molecule has 1 heterocycles. The van der Waals surface area contributed by atoms with Crippen molar-refractivity contribution in [2.75, 3.05) is 11.9 Å². The molecule has 2 unspecified atom stereocenters. The number of hydrogen-bond acceptors (Lipinski definition) is 4. The van der Waals surface area contributed by atoms with Gasteiger partial charge in [-0.2, -0.15) is 0 Å². The van der Waals surface area contributed by atoms with Gasteiger partial charge in [0, 0.05) is 29.6 Å². The lowest BCUT2D eigenvalue weighted by molar-refractivity contribution is 0.275. The van der Waals surface area contributed by atoms with E-state index in [0.29, 0.717) is 24.5 Å². The van der Waals surface area contributed by atoms with Gasteiger partial charge in [-0.15, -0.1) is 11.3 Å². The molecular formula is C10H16N2OS. The van der Waals surface area contributed by atoms with Crippen LogP contribution in [-0.2, 0) is 0 Å². The van der Waals surface area contributed by atoms with E-state index in [2.05, 4.69) is 24.1 Å². The molecule has 1 aromatic heterocycles. The fraction of sp³-hybridized carbons (Fsp3) is 0.700. The standard InChI is InChI=1S/C10H16N2OS/c1-6(2)9-4-11-10(14-9)12-8-3-7(8)5-13/h4,6-8,13H,3,5H2,1-2H3,(H,11,12). The summed E-state index contributed by atoms with van der Waals surface area (Å²) in [7, 11) is 0. The molecule has 0 aromatic carbocycles. The smallest absolute Gasteiger partial charge is 0.183 e. The van der Waals surface area contributed by atoms with Gasteiger partial charge in [0.05, 0.1) is 0 Å². The van der Waals surface area contributed by atoms with Gasteiger partial charge in [-0.3, -0.25) is 0 Å². The molecule has 0 spiro atoms. The van der Waals surface area contributed by atoms with Crippen molar-refractivity contribution in [2.45, 2.75) is 32.2 Å². The van der Waals surface area contributed by atoms with Crippen LogP contribution in [0.1, 0.15) is 31.1 Å². The normalized spacial score (nSPS) is 25.4. The highest BCUT2D eigenvalue weighted by Crippen LogP contribution is 2.35. The lowest BCUT2D eigenvalue weighted by atomic mass is 10.2. The van der Waals surface area contributed by atoms with Crippen LogP contribution in [0.5, 0.6) is 0 Å². The van der Waals surface area contributed by atoms with Crippen LogP contribution in [0, 0.1) is 5.92 Å². The Kier molecular flexibility index (Phi) is 2.74. The Labute approximate surface area is 88.2 Å². The van der Waals surface area contributed by atoms with Crippen molar-refractivity contribution >= 4 is 16.5 Å². The van der Waals surface area contributed by atoms with E-state index >= 15 is 0 Å². The van der Waals surface area contributed by atoms with Gasteiger partial charge in [0.25, 0.3) is 0 Å². The highest BCUT2D eigenvalue weighted by molar-refractivity contribution is 7.15. The first-order chi connectivity index (χ1) is 6.70. The summed E-state index contributed by atoms with van der Waals surface area (Å²) in [5.41, 5.74) is 0. The lowest BCUT2D eigenvalue weighted by Crippen LogP contribution is -2.05. The Morgan fingerprint density at radius 1 is 1.71 bits per heavy atom. The number of anilines is 1. The molecule has 0 radical (unpaired) electrons. The number of aliphatic hydroxyl groups excluding tert-OH is 1. The van der Waals surface area contributed by atoms with Crippen LogP contribution >= 0.6 is 11.3 Å². The van der Waals surface area contributed by atoms with E-state index in [1.165, 1.54) is 4.88 Å². The van der Waals surface area contributed by atoms with Crippen LogP contribution in [0.15, 0.2) is 6.20 Å². The van der Waals surface area contributed by atoms with Gasteiger partial charge in [-0.05, 0) is 12.3 Å². The van der Waals surface area contributed by atoms with Crippen LogP contribution in [0.4, 0.5) is 5.13 Å². The second-order valence-corrected chi connectivity index (χ2v) is 5.21. The van der Waals surface area contributed by atoms with Gasteiger partial charge in [0.15, 0.2) is 5.13 Å². The molecule has 3 nitrogen and oxygen atoms in total. The Balaban J connectivity index is 1.91. The molecule has 0 amide bonds. The monoisotopic (exact) mass is 212 g/mol. The van der Waals surface area contributed by atoms with Crippen LogP contribution in [0.2, 0.25) is 0 Å². The number of thiazole rings is 1. The van der Waals surface area contributed by atoms with Crippen LogP contribution in [0.25, 0.3) is 0 Å².